The third kappa shape index (κ3) is 1.07. The molecule has 2 rings (SSSR count). The van der Waals surface area contributed by atoms with Crippen LogP contribution in [-0.4, -0.2) is 18.5 Å². The first-order chi connectivity index (χ1) is 5.79. The fraction of sp³-hybridized carbons (Fsp3) is 0.500. The molecule has 0 fully saturated rings. The maximum absolute atomic E-state index is 5.42. The van der Waals surface area contributed by atoms with Crippen molar-refractivity contribution in [2.75, 3.05) is 0 Å². The summed E-state index contributed by atoms with van der Waals surface area (Å²) >= 11 is 0. The third-order valence-corrected chi connectivity index (χ3v) is 2.34. The molecule has 2 aliphatic rings. The van der Waals surface area contributed by atoms with Crippen LogP contribution in [0.15, 0.2) is 28.8 Å². The molecule has 1 heterocycles. The van der Waals surface area contributed by atoms with Gasteiger partial charge in [0, 0.05) is 0 Å². The summed E-state index contributed by atoms with van der Waals surface area (Å²) in [6, 6.07) is 0.229. The number of rotatable bonds is 1. The van der Waals surface area contributed by atoms with Crippen LogP contribution < -0.4 is 0 Å². The molecular weight excluding hydrogens is 150 g/mol. The number of fused-ring (bicyclic) bond motifs is 1. The van der Waals surface area contributed by atoms with Crippen LogP contribution >= 0.6 is 0 Å². The molecular formula is C10H13NO. The molecule has 64 valence electrons. The first-order valence-corrected chi connectivity index (χ1v) is 4.34. The van der Waals surface area contributed by atoms with E-state index in [1.165, 1.54) is 5.57 Å². The molecule has 1 aliphatic heterocycles. The maximum atomic E-state index is 5.42. The van der Waals surface area contributed by atoms with E-state index in [4.69, 9.17) is 4.74 Å². The Kier molecular flexibility index (Phi) is 1.75. The second-order valence-corrected chi connectivity index (χ2v) is 3.51. The Morgan fingerprint density at radius 3 is 3.08 bits per heavy atom. The van der Waals surface area contributed by atoms with Gasteiger partial charge in [-0.25, -0.2) is 4.99 Å². The number of hydrogen-bond acceptors (Lipinski definition) is 2. The van der Waals surface area contributed by atoms with E-state index in [1.807, 2.05) is 0 Å². The minimum atomic E-state index is 0.176. The van der Waals surface area contributed by atoms with Gasteiger partial charge in [0.25, 0.3) is 0 Å². The lowest BCUT2D eigenvalue weighted by Crippen LogP contribution is -2.27. The molecule has 0 bridgehead atoms. The quantitative estimate of drug-likeness (QED) is 0.579. The van der Waals surface area contributed by atoms with Gasteiger partial charge in [-0.15, -0.1) is 0 Å². The topological polar surface area (TPSA) is 21.6 Å². The normalized spacial score (nSPS) is 31.8. The van der Waals surface area contributed by atoms with Crippen LogP contribution in [0, 0.1) is 5.92 Å². The van der Waals surface area contributed by atoms with Crippen LogP contribution in [-0.2, 0) is 4.74 Å². The van der Waals surface area contributed by atoms with Crippen molar-refractivity contribution < 1.29 is 4.74 Å². The van der Waals surface area contributed by atoms with Crippen molar-refractivity contribution in [2.24, 2.45) is 10.9 Å². The number of aliphatic imine (C=N–C) groups is 1. The smallest absolute Gasteiger partial charge is 0.171 e. The zero-order valence-corrected chi connectivity index (χ0v) is 7.40. The SMILES string of the molecule is CC(C)C1=CC=CC2N=COC12. The van der Waals surface area contributed by atoms with Crippen LogP contribution in [0.1, 0.15) is 13.8 Å². The highest BCUT2D eigenvalue weighted by Crippen LogP contribution is 2.27. The summed E-state index contributed by atoms with van der Waals surface area (Å²) in [6.45, 7) is 4.37. The van der Waals surface area contributed by atoms with Crippen LogP contribution in [0.2, 0.25) is 0 Å². The van der Waals surface area contributed by atoms with E-state index in [0.717, 1.165) is 0 Å². The summed E-state index contributed by atoms with van der Waals surface area (Å²) in [6.07, 6.45) is 8.04. The van der Waals surface area contributed by atoms with Gasteiger partial charge in [0.05, 0.1) is 0 Å². The molecule has 0 radical (unpaired) electrons. The van der Waals surface area contributed by atoms with E-state index in [9.17, 15) is 0 Å². The summed E-state index contributed by atoms with van der Waals surface area (Å²) in [5.74, 6) is 0.546. The monoisotopic (exact) mass is 163 g/mol. The van der Waals surface area contributed by atoms with Gasteiger partial charge >= 0.3 is 0 Å². The van der Waals surface area contributed by atoms with Crippen molar-refractivity contribution in [3.05, 3.63) is 23.8 Å². The molecule has 0 saturated heterocycles. The van der Waals surface area contributed by atoms with E-state index < -0.39 is 0 Å². The maximum Gasteiger partial charge on any atom is 0.171 e. The van der Waals surface area contributed by atoms with Crippen LogP contribution in [0.3, 0.4) is 0 Å². The zero-order valence-electron chi connectivity index (χ0n) is 7.40. The Morgan fingerprint density at radius 1 is 1.50 bits per heavy atom. The molecule has 12 heavy (non-hydrogen) atoms. The van der Waals surface area contributed by atoms with Gasteiger partial charge in [-0.05, 0) is 11.5 Å². The van der Waals surface area contributed by atoms with E-state index in [0.29, 0.717) is 5.92 Å². The molecule has 0 spiro atoms. The van der Waals surface area contributed by atoms with Crippen LogP contribution in [0.25, 0.3) is 0 Å². The predicted molar refractivity (Wildman–Crippen MR) is 49.2 cm³/mol. The fourth-order valence-corrected chi connectivity index (χ4v) is 1.65. The highest BCUT2D eigenvalue weighted by molar-refractivity contribution is 5.53. The summed E-state index contributed by atoms with van der Waals surface area (Å²) in [5.41, 5.74) is 1.35. The molecule has 2 heteroatoms. The Balaban J connectivity index is 2.24. The molecule has 2 unspecified atom stereocenters. The first-order valence-electron chi connectivity index (χ1n) is 4.34. The van der Waals surface area contributed by atoms with Gasteiger partial charge < -0.3 is 4.74 Å². The van der Waals surface area contributed by atoms with Crippen molar-refractivity contribution in [2.45, 2.75) is 26.0 Å². The molecule has 0 aromatic heterocycles. The summed E-state index contributed by atoms with van der Waals surface area (Å²) in [4.78, 5) is 4.22. The van der Waals surface area contributed by atoms with E-state index >= 15 is 0 Å². The molecule has 0 aromatic rings. The standard InChI is InChI=1S/C10H13NO/c1-7(2)8-4-3-5-9-10(8)12-6-11-9/h3-7,9-10H,1-2H3. The van der Waals surface area contributed by atoms with Gasteiger partial charge in [-0.2, -0.15) is 0 Å². The number of ether oxygens (including phenoxy) is 1. The molecule has 0 aromatic carbocycles. The number of hydrogen-bond donors (Lipinski definition) is 0. The Hall–Kier alpha value is -1.05. The van der Waals surface area contributed by atoms with Gasteiger partial charge in [-0.1, -0.05) is 32.1 Å². The molecule has 1 aliphatic carbocycles. The lowest BCUT2D eigenvalue weighted by molar-refractivity contribution is 0.238. The van der Waals surface area contributed by atoms with Gasteiger partial charge in [0.1, 0.15) is 12.1 Å². The largest absolute Gasteiger partial charge is 0.473 e. The predicted octanol–water partition coefficient (Wildman–Crippen LogP) is 1.93. The average molecular weight is 163 g/mol. The Bertz CT molecular complexity index is 263. The minimum Gasteiger partial charge on any atom is -0.473 e. The average Bonchev–Trinajstić information content (AvgIpc) is 2.49. The van der Waals surface area contributed by atoms with Crippen molar-refractivity contribution in [1.82, 2.24) is 0 Å². The van der Waals surface area contributed by atoms with Crippen molar-refractivity contribution in [3.8, 4) is 0 Å². The summed E-state index contributed by atoms with van der Waals surface area (Å²) in [5, 5.41) is 0. The lowest BCUT2D eigenvalue weighted by atomic mass is 9.90. The van der Waals surface area contributed by atoms with Gasteiger partial charge in [0.2, 0.25) is 0 Å². The van der Waals surface area contributed by atoms with Gasteiger partial charge in [-0.3, -0.25) is 0 Å². The summed E-state index contributed by atoms with van der Waals surface area (Å²) < 4.78 is 5.42. The number of nitrogens with zero attached hydrogens (tertiary/aromatic N) is 1. The second-order valence-electron chi connectivity index (χ2n) is 3.51. The Morgan fingerprint density at radius 2 is 2.33 bits per heavy atom. The molecule has 2 atom stereocenters. The second kappa shape index (κ2) is 2.77. The van der Waals surface area contributed by atoms with Crippen LogP contribution in [0.5, 0.6) is 0 Å². The van der Waals surface area contributed by atoms with Crippen LogP contribution in [0.4, 0.5) is 0 Å². The molecule has 2 nitrogen and oxygen atoms in total. The zero-order chi connectivity index (χ0) is 8.55. The number of allylic oxidation sites excluding steroid dienone is 2. The lowest BCUT2D eigenvalue weighted by Gasteiger charge is -2.23. The van der Waals surface area contributed by atoms with Crippen molar-refractivity contribution >= 4 is 6.40 Å². The van der Waals surface area contributed by atoms with E-state index in [2.05, 4.69) is 37.1 Å². The minimum absolute atomic E-state index is 0.176. The molecule has 0 amide bonds. The fourth-order valence-electron chi connectivity index (χ4n) is 1.65. The van der Waals surface area contributed by atoms with Gasteiger partial charge in [0.15, 0.2) is 6.40 Å². The highest BCUT2D eigenvalue weighted by atomic mass is 16.5. The van der Waals surface area contributed by atoms with Crippen molar-refractivity contribution in [3.63, 3.8) is 0 Å². The molecule has 0 saturated carbocycles. The van der Waals surface area contributed by atoms with E-state index in [1.54, 1.807) is 6.40 Å². The van der Waals surface area contributed by atoms with Crippen molar-refractivity contribution in [1.29, 1.82) is 0 Å². The Labute approximate surface area is 72.6 Å². The highest BCUT2D eigenvalue weighted by Gasteiger charge is 2.30. The third-order valence-electron chi connectivity index (χ3n) is 2.34. The first kappa shape index (κ1) is 7.59. The van der Waals surface area contributed by atoms with E-state index in [-0.39, 0.29) is 12.1 Å². The molecule has 0 N–H and O–H groups in total. The summed E-state index contributed by atoms with van der Waals surface area (Å²) in [7, 11) is 0.